The molecule has 3 N–H and O–H groups in total. The van der Waals surface area contributed by atoms with Crippen LogP contribution in [0.2, 0.25) is 0 Å². The van der Waals surface area contributed by atoms with E-state index >= 15 is 0 Å². The predicted molar refractivity (Wildman–Crippen MR) is 62.6 cm³/mol. The van der Waals surface area contributed by atoms with Gasteiger partial charge in [-0.3, -0.25) is 0 Å². The van der Waals surface area contributed by atoms with Crippen LogP contribution >= 0.6 is 0 Å². The highest BCUT2D eigenvalue weighted by molar-refractivity contribution is 5.74. The number of aromatic nitrogens is 2. The second kappa shape index (κ2) is 3.87. The van der Waals surface area contributed by atoms with Gasteiger partial charge in [0.1, 0.15) is 11.6 Å². The van der Waals surface area contributed by atoms with Crippen molar-refractivity contribution in [1.82, 2.24) is 9.97 Å². The van der Waals surface area contributed by atoms with E-state index < -0.39 is 0 Å². The smallest absolute Gasteiger partial charge is 0.125 e. The van der Waals surface area contributed by atoms with Crippen molar-refractivity contribution < 1.29 is 4.39 Å². The minimum atomic E-state index is -0.249. The van der Waals surface area contributed by atoms with E-state index in [0.29, 0.717) is 6.54 Å². The number of nitrogens with one attached hydrogen (secondary N) is 1. The SMILES string of the molecule is CC(C)(CN)Cc1nc2ccc(F)cc2[nH]1. The van der Waals surface area contributed by atoms with Gasteiger partial charge in [0.05, 0.1) is 11.0 Å². The summed E-state index contributed by atoms with van der Waals surface area (Å²) in [5.41, 5.74) is 7.21. The lowest BCUT2D eigenvalue weighted by Gasteiger charge is -2.20. The molecular weight excluding hydrogens is 205 g/mol. The fourth-order valence-electron chi connectivity index (χ4n) is 1.64. The lowest BCUT2D eigenvalue weighted by atomic mass is 9.89. The average molecular weight is 221 g/mol. The molecule has 2 rings (SSSR count). The van der Waals surface area contributed by atoms with Gasteiger partial charge < -0.3 is 10.7 Å². The molecule has 0 spiro atoms. The molecule has 0 fully saturated rings. The number of halogens is 1. The number of aromatic amines is 1. The zero-order valence-corrected chi connectivity index (χ0v) is 9.55. The normalized spacial score (nSPS) is 12.2. The summed E-state index contributed by atoms with van der Waals surface area (Å²) in [4.78, 5) is 7.53. The Kier molecular flexibility index (Phi) is 2.68. The van der Waals surface area contributed by atoms with E-state index in [1.165, 1.54) is 12.1 Å². The van der Waals surface area contributed by atoms with Gasteiger partial charge in [-0.1, -0.05) is 13.8 Å². The fraction of sp³-hybridized carbons (Fsp3) is 0.417. The first kappa shape index (κ1) is 11.1. The molecule has 1 heterocycles. The molecule has 86 valence electrons. The summed E-state index contributed by atoms with van der Waals surface area (Å²) in [5, 5.41) is 0. The quantitative estimate of drug-likeness (QED) is 0.835. The van der Waals surface area contributed by atoms with Gasteiger partial charge >= 0.3 is 0 Å². The van der Waals surface area contributed by atoms with Gasteiger partial charge in [-0.25, -0.2) is 9.37 Å². The van der Waals surface area contributed by atoms with Crippen LogP contribution in [0.4, 0.5) is 4.39 Å². The van der Waals surface area contributed by atoms with Crippen LogP contribution in [0, 0.1) is 11.2 Å². The lowest BCUT2D eigenvalue weighted by Crippen LogP contribution is -2.26. The van der Waals surface area contributed by atoms with Crippen molar-refractivity contribution in [3.63, 3.8) is 0 Å². The molecule has 0 unspecified atom stereocenters. The fourth-order valence-corrected chi connectivity index (χ4v) is 1.64. The maximum Gasteiger partial charge on any atom is 0.125 e. The molecule has 1 aromatic heterocycles. The van der Waals surface area contributed by atoms with E-state index in [9.17, 15) is 4.39 Å². The Morgan fingerprint density at radius 1 is 1.44 bits per heavy atom. The van der Waals surface area contributed by atoms with Gasteiger partial charge in [0.25, 0.3) is 0 Å². The van der Waals surface area contributed by atoms with E-state index in [-0.39, 0.29) is 11.2 Å². The molecule has 0 aliphatic rings. The van der Waals surface area contributed by atoms with Crippen molar-refractivity contribution in [1.29, 1.82) is 0 Å². The number of H-pyrrole nitrogens is 1. The molecule has 0 aliphatic carbocycles. The zero-order chi connectivity index (χ0) is 11.8. The third kappa shape index (κ3) is 2.22. The summed E-state index contributed by atoms with van der Waals surface area (Å²) in [6.07, 6.45) is 0.764. The first-order valence-electron chi connectivity index (χ1n) is 5.34. The predicted octanol–water partition coefficient (Wildman–Crippen LogP) is 2.23. The van der Waals surface area contributed by atoms with Crippen LogP contribution in [0.15, 0.2) is 18.2 Å². The van der Waals surface area contributed by atoms with Gasteiger partial charge in [0.2, 0.25) is 0 Å². The first-order chi connectivity index (χ1) is 7.50. The number of nitrogens with zero attached hydrogens (tertiary/aromatic N) is 1. The molecule has 0 atom stereocenters. The molecule has 16 heavy (non-hydrogen) atoms. The molecule has 0 saturated carbocycles. The van der Waals surface area contributed by atoms with Crippen LogP contribution in [0.5, 0.6) is 0 Å². The van der Waals surface area contributed by atoms with Crippen molar-refractivity contribution in [3.05, 3.63) is 29.8 Å². The minimum Gasteiger partial charge on any atom is -0.342 e. The second-order valence-electron chi connectivity index (χ2n) is 4.89. The summed E-state index contributed by atoms with van der Waals surface area (Å²) < 4.78 is 13.0. The second-order valence-corrected chi connectivity index (χ2v) is 4.89. The monoisotopic (exact) mass is 221 g/mol. The van der Waals surface area contributed by atoms with Gasteiger partial charge in [-0.05, 0) is 30.2 Å². The topological polar surface area (TPSA) is 54.7 Å². The Hall–Kier alpha value is -1.42. The summed E-state index contributed by atoms with van der Waals surface area (Å²) in [6.45, 7) is 4.76. The molecule has 2 aromatic rings. The number of fused-ring (bicyclic) bond motifs is 1. The van der Waals surface area contributed by atoms with Gasteiger partial charge in [0, 0.05) is 6.42 Å². The average Bonchev–Trinajstić information content (AvgIpc) is 2.58. The molecule has 0 radical (unpaired) electrons. The van der Waals surface area contributed by atoms with E-state index in [0.717, 1.165) is 23.3 Å². The van der Waals surface area contributed by atoms with Crippen LogP contribution in [0.25, 0.3) is 11.0 Å². The highest BCUT2D eigenvalue weighted by atomic mass is 19.1. The van der Waals surface area contributed by atoms with Crippen LogP contribution in [-0.4, -0.2) is 16.5 Å². The summed E-state index contributed by atoms with van der Waals surface area (Å²) in [6, 6.07) is 4.56. The molecule has 0 bridgehead atoms. The molecule has 1 aromatic carbocycles. The van der Waals surface area contributed by atoms with Crippen LogP contribution < -0.4 is 5.73 Å². The first-order valence-corrected chi connectivity index (χ1v) is 5.34. The summed E-state index contributed by atoms with van der Waals surface area (Å²) in [5.74, 6) is 0.608. The third-order valence-electron chi connectivity index (χ3n) is 2.69. The van der Waals surface area contributed by atoms with E-state index in [4.69, 9.17) is 5.73 Å². The van der Waals surface area contributed by atoms with Crippen molar-refractivity contribution in [2.24, 2.45) is 11.1 Å². The molecular formula is C12H16FN3. The molecule has 3 nitrogen and oxygen atoms in total. The standard InChI is InChI=1S/C12H16FN3/c1-12(2,7-14)6-11-15-9-4-3-8(13)5-10(9)16-11/h3-5H,6-7,14H2,1-2H3,(H,15,16). The van der Waals surface area contributed by atoms with Crippen LogP contribution in [0.3, 0.4) is 0 Å². The Labute approximate surface area is 93.9 Å². The minimum absolute atomic E-state index is 0.00637. The Morgan fingerprint density at radius 2 is 2.19 bits per heavy atom. The Bertz CT molecular complexity index is 502. The number of benzene rings is 1. The highest BCUT2D eigenvalue weighted by Crippen LogP contribution is 2.21. The largest absolute Gasteiger partial charge is 0.342 e. The lowest BCUT2D eigenvalue weighted by molar-refractivity contribution is 0.369. The Morgan fingerprint density at radius 3 is 2.88 bits per heavy atom. The molecule has 0 aliphatic heterocycles. The number of rotatable bonds is 3. The van der Waals surface area contributed by atoms with E-state index in [1.54, 1.807) is 6.07 Å². The van der Waals surface area contributed by atoms with Gasteiger partial charge in [-0.2, -0.15) is 0 Å². The van der Waals surface area contributed by atoms with E-state index in [1.807, 2.05) is 0 Å². The van der Waals surface area contributed by atoms with Crippen LogP contribution in [-0.2, 0) is 6.42 Å². The summed E-state index contributed by atoms with van der Waals surface area (Å²) in [7, 11) is 0. The maximum atomic E-state index is 13.0. The van der Waals surface area contributed by atoms with Gasteiger partial charge in [-0.15, -0.1) is 0 Å². The Balaban J connectivity index is 2.33. The van der Waals surface area contributed by atoms with Crippen molar-refractivity contribution in [2.45, 2.75) is 20.3 Å². The van der Waals surface area contributed by atoms with Crippen molar-refractivity contribution >= 4 is 11.0 Å². The number of imidazole rings is 1. The van der Waals surface area contributed by atoms with Crippen molar-refractivity contribution in [2.75, 3.05) is 6.54 Å². The third-order valence-corrected chi connectivity index (χ3v) is 2.69. The molecule has 0 saturated heterocycles. The molecule has 4 heteroatoms. The van der Waals surface area contributed by atoms with E-state index in [2.05, 4.69) is 23.8 Å². The van der Waals surface area contributed by atoms with Crippen molar-refractivity contribution in [3.8, 4) is 0 Å². The number of hydrogen-bond donors (Lipinski definition) is 2. The maximum absolute atomic E-state index is 13.0. The molecule has 0 amide bonds. The number of nitrogens with two attached hydrogens (primary N) is 1. The van der Waals surface area contributed by atoms with Gasteiger partial charge in [0.15, 0.2) is 0 Å². The highest BCUT2D eigenvalue weighted by Gasteiger charge is 2.18. The number of hydrogen-bond acceptors (Lipinski definition) is 2. The van der Waals surface area contributed by atoms with Crippen LogP contribution in [0.1, 0.15) is 19.7 Å². The zero-order valence-electron chi connectivity index (χ0n) is 9.55. The summed E-state index contributed by atoms with van der Waals surface area (Å²) >= 11 is 0.